The van der Waals surface area contributed by atoms with Crippen molar-refractivity contribution in [3.05, 3.63) is 41.9 Å². The number of aromatic nitrogens is 4. The van der Waals surface area contributed by atoms with E-state index in [0.29, 0.717) is 5.65 Å². The molecule has 0 atom stereocenters. The quantitative estimate of drug-likeness (QED) is 0.738. The van der Waals surface area contributed by atoms with Gasteiger partial charge >= 0.3 is 0 Å². The monoisotopic (exact) mass is 352 g/mol. The van der Waals surface area contributed by atoms with Gasteiger partial charge in [0.05, 0.1) is 11.6 Å². The van der Waals surface area contributed by atoms with Crippen LogP contribution >= 0.6 is 0 Å². The van der Waals surface area contributed by atoms with Crippen LogP contribution in [0.4, 0.5) is 11.5 Å². The van der Waals surface area contributed by atoms with Gasteiger partial charge < -0.3 is 10.2 Å². The predicted octanol–water partition coefficient (Wildman–Crippen LogP) is 2.93. The third-order valence-corrected chi connectivity index (χ3v) is 4.42. The molecule has 136 valence electrons. The maximum absolute atomic E-state index is 12.5. The fraction of sp³-hybridized carbons (Fsp3) is 0.368. The van der Waals surface area contributed by atoms with E-state index >= 15 is 0 Å². The second-order valence-corrected chi connectivity index (χ2v) is 6.28. The third kappa shape index (κ3) is 3.51. The first-order valence-electron chi connectivity index (χ1n) is 8.82. The van der Waals surface area contributed by atoms with Gasteiger partial charge in [-0.25, -0.2) is 14.6 Å². The van der Waals surface area contributed by atoms with Crippen LogP contribution < -0.4 is 10.2 Å². The van der Waals surface area contributed by atoms with Crippen molar-refractivity contribution in [2.24, 2.45) is 0 Å². The number of carbonyl (C=O) groups is 1. The highest BCUT2D eigenvalue weighted by molar-refractivity contribution is 5.93. The Bertz CT molecular complexity index is 929. The van der Waals surface area contributed by atoms with Crippen LogP contribution in [0.5, 0.6) is 0 Å². The number of hydrogen-bond donors (Lipinski definition) is 1. The number of aryl methyl sites for hydroxylation is 2. The Morgan fingerprint density at radius 3 is 2.65 bits per heavy atom. The predicted molar refractivity (Wildman–Crippen MR) is 103 cm³/mol. The minimum atomic E-state index is -0.134. The first-order chi connectivity index (χ1) is 12.5. The average Bonchev–Trinajstić information content (AvgIpc) is 3.02. The van der Waals surface area contributed by atoms with Gasteiger partial charge in [0, 0.05) is 18.8 Å². The van der Waals surface area contributed by atoms with E-state index in [9.17, 15) is 4.79 Å². The van der Waals surface area contributed by atoms with Gasteiger partial charge in [-0.1, -0.05) is 17.7 Å². The molecular formula is C19H24N6O. The SMILES string of the molecule is CCN(CC)c1ncnc2c1cnn2CC(=O)Nc1ccc(C)cc1C. The molecule has 0 aliphatic heterocycles. The number of anilines is 2. The first-order valence-corrected chi connectivity index (χ1v) is 8.82. The fourth-order valence-corrected chi connectivity index (χ4v) is 3.05. The van der Waals surface area contributed by atoms with E-state index in [1.54, 1.807) is 10.9 Å². The molecule has 2 aromatic heterocycles. The fourth-order valence-electron chi connectivity index (χ4n) is 3.05. The van der Waals surface area contributed by atoms with Gasteiger partial charge in [0.1, 0.15) is 18.7 Å². The van der Waals surface area contributed by atoms with Gasteiger partial charge in [-0.15, -0.1) is 0 Å². The highest BCUT2D eigenvalue weighted by Crippen LogP contribution is 2.22. The summed E-state index contributed by atoms with van der Waals surface area (Å²) < 4.78 is 1.61. The van der Waals surface area contributed by atoms with Crippen LogP contribution in [0.25, 0.3) is 11.0 Å². The van der Waals surface area contributed by atoms with Crippen molar-refractivity contribution in [2.45, 2.75) is 34.2 Å². The zero-order chi connectivity index (χ0) is 18.7. The average molecular weight is 352 g/mol. The summed E-state index contributed by atoms with van der Waals surface area (Å²) in [4.78, 5) is 23.3. The highest BCUT2D eigenvalue weighted by Gasteiger charge is 2.15. The molecule has 3 rings (SSSR count). The maximum atomic E-state index is 12.5. The molecule has 0 fully saturated rings. The molecular weight excluding hydrogens is 328 g/mol. The lowest BCUT2D eigenvalue weighted by Gasteiger charge is -2.19. The largest absolute Gasteiger partial charge is 0.356 e. The van der Waals surface area contributed by atoms with Gasteiger partial charge in [0.15, 0.2) is 5.65 Å². The molecule has 0 saturated heterocycles. The van der Waals surface area contributed by atoms with E-state index < -0.39 is 0 Å². The van der Waals surface area contributed by atoms with E-state index in [2.05, 4.69) is 39.1 Å². The van der Waals surface area contributed by atoms with E-state index in [1.807, 2.05) is 32.0 Å². The number of rotatable bonds is 6. The van der Waals surface area contributed by atoms with Crippen molar-refractivity contribution < 1.29 is 4.79 Å². The Morgan fingerprint density at radius 1 is 1.19 bits per heavy atom. The Hall–Kier alpha value is -2.96. The number of fused-ring (bicyclic) bond motifs is 1. The molecule has 0 bridgehead atoms. The second kappa shape index (κ2) is 7.51. The molecule has 7 nitrogen and oxygen atoms in total. The van der Waals surface area contributed by atoms with E-state index in [1.165, 1.54) is 11.9 Å². The summed E-state index contributed by atoms with van der Waals surface area (Å²) in [5.74, 6) is 0.714. The molecule has 1 N–H and O–H groups in total. The molecule has 0 aliphatic rings. The van der Waals surface area contributed by atoms with Crippen LogP contribution in [0, 0.1) is 13.8 Å². The summed E-state index contributed by atoms with van der Waals surface area (Å²) in [6.07, 6.45) is 3.25. The first kappa shape index (κ1) is 17.8. The van der Waals surface area contributed by atoms with Crippen LogP contribution in [-0.2, 0) is 11.3 Å². The number of carbonyl (C=O) groups excluding carboxylic acids is 1. The second-order valence-electron chi connectivity index (χ2n) is 6.28. The minimum Gasteiger partial charge on any atom is -0.356 e. The molecule has 0 unspecified atom stereocenters. The van der Waals surface area contributed by atoms with Gasteiger partial charge in [-0.2, -0.15) is 5.10 Å². The zero-order valence-electron chi connectivity index (χ0n) is 15.7. The Labute approximate surface area is 153 Å². The van der Waals surface area contributed by atoms with E-state index in [-0.39, 0.29) is 12.5 Å². The Balaban J connectivity index is 1.83. The van der Waals surface area contributed by atoms with E-state index in [4.69, 9.17) is 0 Å². The van der Waals surface area contributed by atoms with Crippen molar-refractivity contribution in [2.75, 3.05) is 23.3 Å². The summed E-state index contributed by atoms with van der Waals surface area (Å²) in [6, 6.07) is 5.95. The molecule has 7 heteroatoms. The van der Waals surface area contributed by atoms with Gasteiger partial charge in [-0.3, -0.25) is 4.79 Å². The summed E-state index contributed by atoms with van der Waals surface area (Å²) in [5, 5.41) is 8.16. The normalized spacial score (nSPS) is 10.9. The van der Waals surface area contributed by atoms with Crippen LogP contribution in [-0.4, -0.2) is 38.7 Å². The van der Waals surface area contributed by atoms with Crippen molar-refractivity contribution >= 4 is 28.4 Å². The van der Waals surface area contributed by atoms with Crippen LogP contribution in [0.15, 0.2) is 30.7 Å². The standard InChI is InChI=1S/C19H24N6O/c1-5-24(6-2)18-15-10-22-25(19(15)21-12-20-18)11-17(26)23-16-8-7-13(3)9-14(16)4/h7-10,12H,5-6,11H2,1-4H3,(H,23,26). The Kier molecular flexibility index (Phi) is 5.16. The lowest BCUT2D eigenvalue weighted by atomic mass is 10.1. The summed E-state index contributed by atoms with van der Waals surface area (Å²) in [5.41, 5.74) is 3.68. The molecule has 3 aromatic rings. The van der Waals surface area contributed by atoms with Crippen molar-refractivity contribution in [3.63, 3.8) is 0 Å². The number of nitrogens with zero attached hydrogens (tertiary/aromatic N) is 5. The topological polar surface area (TPSA) is 75.9 Å². The lowest BCUT2D eigenvalue weighted by molar-refractivity contribution is -0.116. The van der Waals surface area contributed by atoms with Crippen molar-refractivity contribution in [3.8, 4) is 0 Å². The molecule has 1 aromatic carbocycles. The smallest absolute Gasteiger partial charge is 0.246 e. The molecule has 0 radical (unpaired) electrons. The number of amides is 1. The molecule has 0 aliphatic carbocycles. The molecule has 1 amide bonds. The van der Waals surface area contributed by atoms with Crippen LogP contribution in [0.3, 0.4) is 0 Å². The van der Waals surface area contributed by atoms with Crippen molar-refractivity contribution in [1.82, 2.24) is 19.7 Å². The molecule has 0 saturated carbocycles. The lowest BCUT2D eigenvalue weighted by Crippen LogP contribution is -2.23. The van der Waals surface area contributed by atoms with Gasteiger partial charge in [0.25, 0.3) is 0 Å². The van der Waals surface area contributed by atoms with Crippen LogP contribution in [0.2, 0.25) is 0 Å². The molecule has 2 heterocycles. The zero-order valence-corrected chi connectivity index (χ0v) is 15.7. The van der Waals surface area contributed by atoms with Gasteiger partial charge in [-0.05, 0) is 39.3 Å². The molecule has 0 spiro atoms. The van der Waals surface area contributed by atoms with Gasteiger partial charge in [0.2, 0.25) is 5.91 Å². The van der Waals surface area contributed by atoms with E-state index in [0.717, 1.165) is 35.5 Å². The third-order valence-electron chi connectivity index (χ3n) is 4.42. The van der Waals surface area contributed by atoms with Crippen LogP contribution in [0.1, 0.15) is 25.0 Å². The minimum absolute atomic E-state index is 0.103. The van der Waals surface area contributed by atoms with Crippen molar-refractivity contribution in [1.29, 1.82) is 0 Å². The Morgan fingerprint density at radius 2 is 1.96 bits per heavy atom. The number of benzene rings is 1. The number of hydrogen-bond acceptors (Lipinski definition) is 5. The maximum Gasteiger partial charge on any atom is 0.246 e. The summed E-state index contributed by atoms with van der Waals surface area (Å²) >= 11 is 0. The summed E-state index contributed by atoms with van der Waals surface area (Å²) in [6.45, 7) is 9.98. The summed E-state index contributed by atoms with van der Waals surface area (Å²) in [7, 11) is 0. The number of nitrogens with one attached hydrogen (secondary N) is 1. The highest BCUT2D eigenvalue weighted by atomic mass is 16.2. The molecule has 26 heavy (non-hydrogen) atoms.